The van der Waals surface area contributed by atoms with Crippen LogP contribution in [0.2, 0.25) is 0 Å². The highest BCUT2D eigenvalue weighted by Gasteiger charge is 2.18. The third-order valence-corrected chi connectivity index (χ3v) is 3.76. The average molecular weight is 340 g/mol. The number of amides is 1. The lowest BCUT2D eigenvalue weighted by molar-refractivity contribution is -0.122. The monoisotopic (exact) mass is 340 g/mol. The van der Waals surface area contributed by atoms with Gasteiger partial charge in [-0.3, -0.25) is 9.69 Å². The third kappa shape index (κ3) is 4.30. The summed E-state index contributed by atoms with van der Waals surface area (Å²) < 4.78 is 5.43. The molecule has 0 spiro atoms. The van der Waals surface area contributed by atoms with E-state index in [1.54, 1.807) is 6.26 Å². The number of tetrazole rings is 1. The second-order valence-corrected chi connectivity index (χ2v) is 5.81. The van der Waals surface area contributed by atoms with E-state index < -0.39 is 0 Å². The van der Waals surface area contributed by atoms with Gasteiger partial charge in [-0.05, 0) is 31.4 Å². The molecule has 25 heavy (non-hydrogen) atoms. The quantitative estimate of drug-likeness (QED) is 0.698. The summed E-state index contributed by atoms with van der Waals surface area (Å²) in [5, 5.41) is 15.0. The molecule has 0 aliphatic carbocycles. The molecule has 2 aromatic heterocycles. The zero-order valence-corrected chi connectivity index (χ0v) is 14.2. The molecule has 0 saturated carbocycles. The van der Waals surface area contributed by atoms with Gasteiger partial charge in [-0.15, -0.1) is 10.2 Å². The van der Waals surface area contributed by atoms with E-state index in [9.17, 15) is 4.79 Å². The van der Waals surface area contributed by atoms with Crippen LogP contribution in [0.1, 0.15) is 11.8 Å². The Labute approximate surface area is 145 Å². The number of nitrogens with one attached hydrogen (secondary N) is 1. The first-order valence-electron chi connectivity index (χ1n) is 7.93. The Bertz CT molecular complexity index is 798. The maximum absolute atomic E-state index is 12.2. The molecule has 8 heteroatoms. The lowest BCUT2D eigenvalue weighted by atomic mass is 10.2. The first-order valence-corrected chi connectivity index (χ1v) is 7.93. The zero-order valence-electron chi connectivity index (χ0n) is 14.2. The molecule has 130 valence electrons. The van der Waals surface area contributed by atoms with Crippen LogP contribution in [0, 0.1) is 0 Å². The minimum absolute atomic E-state index is 0.0120. The van der Waals surface area contributed by atoms with Crippen LogP contribution in [0.15, 0.2) is 53.1 Å². The molecule has 8 nitrogen and oxygen atoms in total. The van der Waals surface area contributed by atoms with Gasteiger partial charge in [0.05, 0.1) is 12.3 Å². The van der Waals surface area contributed by atoms with Gasteiger partial charge in [0.2, 0.25) is 11.7 Å². The summed E-state index contributed by atoms with van der Waals surface area (Å²) in [6.07, 6.45) is 1.62. The van der Waals surface area contributed by atoms with Crippen LogP contribution in [-0.4, -0.2) is 51.7 Å². The van der Waals surface area contributed by atoms with Gasteiger partial charge in [0.15, 0.2) is 0 Å². The Morgan fingerprint density at radius 2 is 2.04 bits per heavy atom. The summed E-state index contributed by atoms with van der Waals surface area (Å²) in [5.41, 5.74) is 0.861. The Morgan fingerprint density at radius 1 is 1.24 bits per heavy atom. The molecule has 1 amide bonds. The molecule has 3 aromatic rings. The normalized spacial score (nSPS) is 12.3. The van der Waals surface area contributed by atoms with E-state index in [0.29, 0.717) is 12.4 Å². The predicted molar refractivity (Wildman–Crippen MR) is 91.4 cm³/mol. The highest BCUT2D eigenvalue weighted by atomic mass is 16.3. The molecule has 0 radical (unpaired) electrons. The topological polar surface area (TPSA) is 89.1 Å². The number of carbonyl (C=O) groups is 1. The van der Waals surface area contributed by atoms with E-state index in [2.05, 4.69) is 20.7 Å². The molecule has 1 atom stereocenters. The van der Waals surface area contributed by atoms with Gasteiger partial charge in [0.1, 0.15) is 12.3 Å². The van der Waals surface area contributed by atoms with Gasteiger partial charge < -0.3 is 9.73 Å². The van der Waals surface area contributed by atoms with Crippen LogP contribution in [0.4, 0.5) is 0 Å². The van der Waals surface area contributed by atoms with Crippen molar-refractivity contribution in [3.63, 3.8) is 0 Å². The fourth-order valence-corrected chi connectivity index (χ4v) is 2.43. The van der Waals surface area contributed by atoms with Crippen molar-refractivity contribution < 1.29 is 9.21 Å². The maximum Gasteiger partial charge on any atom is 0.243 e. The molecule has 1 N–H and O–H groups in total. The molecular weight excluding hydrogens is 320 g/mol. The molecule has 2 heterocycles. The van der Waals surface area contributed by atoms with E-state index in [4.69, 9.17) is 4.42 Å². The van der Waals surface area contributed by atoms with Gasteiger partial charge in [-0.2, -0.15) is 4.80 Å². The first kappa shape index (κ1) is 16.8. The number of rotatable bonds is 7. The van der Waals surface area contributed by atoms with Crippen LogP contribution >= 0.6 is 0 Å². The average Bonchev–Trinajstić information content (AvgIpc) is 3.28. The van der Waals surface area contributed by atoms with Crippen molar-refractivity contribution in [2.24, 2.45) is 0 Å². The van der Waals surface area contributed by atoms with Crippen molar-refractivity contribution >= 4 is 5.91 Å². The standard InChI is InChI=1S/C17H20N6O2/c1-22(2)14(15-9-6-10-25-15)11-18-16(24)12-23-20-17(19-21-23)13-7-4-3-5-8-13/h3-10,14H,11-12H2,1-2H3,(H,18,24). The SMILES string of the molecule is CN(C)C(CNC(=O)Cn1nnc(-c2ccccc2)n1)c1ccco1. The summed E-state index contributed by atoms with van der Waals surface area (Å²) in [6, 6.07) is 13.2. The fourth-order valence-electron chi connectivity index (χ4n) is 2.43. The maximum atomic E-state index is 12.2. The summed E-state index contributed by atoms with van der Waals surface area (Å²) in [5.74, 6) is 1.11. The van der Waals surface area contributed by atoms with E-state index in [1.807, 2.05) is 61.5 Å². The van der Waals surface area contributed by atoms with Crippen molar-refractivity contribution in [1.29, 1.82) is 0 Å². The number of benzene rings is 1. The van der Waals surface area contributed by atoms with Crippen molar-refractivity contribution in [2.45, 2.75) is 12.6 Å². The van der Waals surface area contributed by atoms with Crippen molar-refractivity contribution in [2.75, 3.05) is 20.6 Å². The first-order chi connectivity index (χ1) is 12.1. The lowest BCUT2D eigenvalue weighted by Gasteiger charge is -2.22. The van der Waals surface area contributed by atoms with Crippen LogP contribution in [0.5, 0.6) is 0 Å². The van der Waals surface area contributed by atoms with Crippen molar-refractivity contribution in [1.82, 2.24) is 30.4 Å². The number of furan rings is 1. The number of hydrogen-bond acceptors (Lipinski definition) is 6. The molecule has 0 aliphatic rings. The largest absolute Gasteiger partial charge is 0.468 e. The molecule has 0 fully saturated rings. The molecule has 0 aliphatic heterocycles. The molecule has 1 unspecified atom stereocenters. The van der Waals surface area contributed by atoms with Crippen LogP contribution in [0.25, 0.3) is 11.4 Å². The van der Waals surface area contributed by atoms with Gasteiger partial charge in [0.25, 0.3) is 0 Å². The summed E-state index contributed by atoms with van der Waals surface area (Å²) in [6.45, 7) is 0.442. The van der Waals surface area contributed by atoms with Gasteiger partial charge >= 0.3 is 0 Å². The highest BCUT2D eigenvalue weighted by molar-refractivity contribution is 5.75. The Morgan fingerprint density at radius 3 is 2.72 bits per heavy atom. The fraction of sp³-hybridized carbons (Fsp3) is 0.294. The molecule has 0 bridgehead atoms. The van der Waals surface area contributed by atoms with E-state index >= 15 is 0 Å². The van der Waals surface area contributed by atoms with Gasteiger partial charge in [-0.1, -0.05) is 30.3 Å². The summed E-state index contributed by atoms with van der Waals surface area (Å²) in [7, 11) is 3.87. The summed E-state index contributed by atoms with van der Waals surface area (Å²) in [4.78, 5) is 15.4. The van der Waals surface area contributed by atoms with Crippen LogP contribution < -0.4 is 5.32 Å². The minimum atomic E-state index is -0.185. The number of carbonyl (C=O) groups excluding carboxylic acids is 1. The summed E-state index contributed by atoms with van der Waals surface area (Å²) >= 11 is 0. The molecule has 0 saturated heterocycles. The Hall–Kier alpha value is -3.00. The number of aromatic nitrogens is 4. The second-order valence-electron chi connectivity index (χ2n) is 5.81. The van der Waals surface area contributed by atoms with Gasteiger partial charge in [-0.25, -0.2) is 0 Å². The van der Waals surface area contributed by atoms with Crippen molar-refractivity contribution in [3.8, 4) is 11.4 Å². The predicted octanol–water partition coefficient (Wildman–Crippen LogP) is 1.35. The van der Waals surface area contributed by atoms with E-state index in [0.717, 1.165) is 11.3 Å². The zero-order chi connectivity index (χ0) is 17.6. The van der Waals surface area contributed by atoms with E-state index in [1.165, 1.54) is 4.80 Å². The minimum Gasteiger partial charge on any atom is -0.468 e. The molecule has 1 aromatic carbocycles. The van der Waals surface area contributed by atoms with Crippen molar-refractivity contribution in [3.05, 3.63) is 54.5 Å². The lowest BCUT2D eigenvalue weighted by Crippen LogP contribution is -2.36. The third-order valence-electron chi connectivity index (χ3n) is 3.76. The number of likely N-dealkylation sites (N-methyl/N-ethyl adjacent to an activating group) is 1. The molecule has 3 rings (SSSR count). The Kier molecular flexibility index (Phi) is 5.20. The molecular formula is C17H20N6O2. The Balaban J connectivity index is 1.57. The van der Waals surface area contributed by atoms with Crippen LogP contribution in [0.3, 0.4) is 0 Å². The smallest absolute Gasteiger partial charge is 0.243 e. The second kappa shape index (κ2) is 7.71. The highest BCUT2D eigenvalue weighted by Crippen LogP contribution is 2.17. The number of hydrogen-bond donors (Lipinski definition) is 1. The van der Waals surface area contributed by atoms with E-state index in [-0.39, 0.29) is 18.5 Å². The number of nitrogens with zero attached hydrogens (tertiary/aromatic N) is 5. The van der Waals surface area contributed by atoms with Crippen LogP contribution in [-0.2, 0) is 11.3 Å². The van der Waals surface area contributed by atoms with Gasteiger partial charge in [0, 0.05) is 12.1 Å².